The van der Waals surface area contributed by atoms with Crippen LogP contribution in [0.25, 0.3) is 0 Å². The minimum atomic E-state index is -4.10. The normalized spacial score (nSPS) is 12.1. The second-order valence-electron chi connectivity index (χ2n) is 5.01. The zero-order chi connectivity index (χ0) is 17.5. The maximum atomic E-state index is 12.6. The molecule has 1 aromatic rings. The van der Waals surface area contributed by atoms with E-state index in [1.165, 1.54) is 0 Å². The number of hydrogen-bond acceptors (Lipinski definition) is 6. The zero-order valence-electron chi connectivity index (χ0n) is 12.6. The molecule has 0 unspecified atom stereocenters. The minimum absolute atomic E-state index is 0.0146. The smallest absolute Gasteiger partial charge is 0.315 e. The first-order chi connectivity index (χ1) is 10.7. The van der Waals surface area contributed by atoms with E-state index in [2.05, 4.69) is 10.1 Å². The minimum Gasteiger partial charge on any atom is -0.427 e. The first-order valence-electron chi connectivity index (χ1n) is 6.76. The molecule has 0 fully saturated rings. The first kappa shape index (κ1) is 19.2. The molecule has 0 saturated carbocycles. The molecule has 0 bridgehead atoms. The van der Waals surface area contributed by atoms with E-state index in [1.54, 1.807) is 0 Å². The molecule has 0 aliphatic heterocycles. The standard InChI is InChI=1S/C13H17F3N2O4S/c1-9(2)3-5-21-18-8-10-7-17-13(22-10)23(19,20)6-4-11(14)12(15)16/h7-9H,3-6H2,1-2H3. The molecular weight excluding hydrogens is 337 g/mol. The average molecular weight is 354 g/mol. The summed E-state index contributed by atoms with van der Waals surface area (Å²) in [5, 5.41) is 2.90. The summed E-state index contributed by atoms with van der Waals surface area (Å²) in [7, 11) is -4.10. The quantitative estimate of drug-likeness (QED) is 0.386. The van der Waals surface area contributed by atoms with Crippen LogP contribution in [0.15, 0.2) is 32.9 Å². The second-order valence-corrected chi connectivity index (χ2v) is 7.00. The topological polar surface area (TPSA) is 81.8 Å². The summed E-state index contributed by atoms with van der Waals surface area (Å²) in [4.78, 5) is 8.45. The Morgan fingerprint density at radius 1 is 1.43 bits per heavy atom. The van der Waals surface area contributed by atoms with Gasteiger partial charge in [0.15, 0.2) is 11.6 Å². The van der Waals surface area contributed by atoms with E-state index in [9.17, 15) is 21.6 Å². The van der Waals surface area contributed by atoms with Crippen LogP contribution in [0.4, 0.5) is 13.2 Å². The molecule has 0 radical (unpaired) electrons. The highest BCUT2D eigenvalue weighted by molar-refractivity contribution is 7.91. The number of oxazole rings is 1. The summed E-state index contributed by atoms with van der Waals surface area (Å²) in [6, 6.07) is 0. The van der Waals surface area contributed by atoms with E-state index in [4.69, 9.17) is 9.25 Å². The molecule has 0 atom stereocenters. The molecule has 1 heterocycles. The van der Waals surface area contributed by atoms with E-state index in [1.807, 2.05) is 13.8 Å². The number of hydrogen-bond donors (Lipinski definition) is 0. The molecule has 6 nitrogen and oxygen atoms in total. The number of sulfone groups is 1. The fourth-order valence-electron chi connectivity index (χ4n) is 1.31. The molecule has 10 heteroatoms. The third-order valence-corrected chi connectivity index (χ3v) is 4.07. The number of oxime groups is 1. The van der Waals surface area contributed by atoms with E-state index in [-0.39, 0.29) is 5.76 Å². The van der Waals surface area contributed by atoms with Gasteiger partial charge in [-0.2, -0.15) is 8.78 Å². The van der Waals surface area contributed by atoms with Crippen molar-refractivity contribution in [3.05, 3.63) is 23.9 Å². The highest BCUT2D eigenvalue weighted by Crippen LogP contribution is 2.18. The van der Waals surface area contributed by atoms with Crippen LogP contribution in [-0.4, -0.2) is 32.0 Å². The number of rotatable bonds is 9. The molecule has 0 aliphatic rings. The van der Waals surface area contributed by atoms with Crippen molar-refractivity contribution in [1.29, 1.82) is 0 Å². The summed E-state index contributed by atoms with van der Waals surface area (Å²) < 4.78 is 64.9. The van der Waals surface area contributed by atoms with E-state index in [0.29, 0.717) is 12.5 Å². The Bertz CT molecular complexity index is 665. The van der Waals surface area contributed by atoms with Gasteiger partial charge in [0.25, 0.3) is 0 Å². The first-order valence-corrected chi connectivity index (χ1v) is 8.41. The van der Waals surface area contributed by atoms with Gasteiger partial charge in [-0.15, -0.1) is 0 Å². The van der Waals surface area contributed by atoms with Crippen molar-refractivity contribution in [2.75, 3.05) is 12.4 Å². The molecule has 0 saturated heterocycles. The van der Waals surface area contributed by atoms with Gasteiger partial charge in [-0.1, -0.05) is 19.0 Å². The fraction of sp³-hybridized carbons (Fsp3) is 0.538. The molecule has 23 heavy (non-hydrogen) atoms. The van der Waals surface area contributed by atoms with Crippen molar-refractivity contribution in [2.45, 2.75) is 31.9 Å². The van der Waals surface area contributed by atoms with Crippen molar-refractivity contribution in [1.82, 2.24) is 4.98 Å². The monoisotopic (exact) mass is 354 g/mol. The Morgan fingerprint density at radius 2 is 2.13 bits per heavy atom. The maximum absolute atomic E-state index is 12.6. The Hall–Kier alpha value is -1.84. The Morgan fingerprint density at radius 3 is 2.74 bits per heavy atom. The predicted octanol–water partition coefficient (Wildman–Crippen LogP) is 3.31. The van der Waals surface area contributed by atoms with Gasteiger partial charge >= 0.3 is 11.3 Å². The molecular formula is C13H17F3N2O4S. The van der Waals surface area contributed by atoms with Crippen LogP contribution in [0, 0.1) is 5.92 Å². The lowest BCUT2D eigenvalue weighted by atomic mass is 10.1. The van der Waals surface area contributed by atoms with Crippen LogP contribution in [0.5, 0.6) is 0 Å². The van der Waals surface area contributed by atoms with Crippen molar-refractivity contribution in [2.24, 2.45) is 11.1 Å². The van der Waals surface area contributed by atoms with Gasteiger partial charge in [-0.05, 0) is 12.3 Å². The Kier molecular flexibility index (Phi) is 7.27. The van der Waals surface area contributed by atoms with Gasteiger partial charge in [0.1, 0.15) is 12.8 Å². The van der Waals surface area contributed by atoms with Crippen molar-refractivity contribution in [3.63, 3.8) is 0 Å². The third kappa shape index (κ3) is 6.85. The Balaban J connectivity index is 2.61. The van der Waals surface area contributed by atoms with E-state index >= 15 is 0 Å². The summed E-state index contributed by atoms with van der Waals surface area (Å²) in [5.41, 5.74) is 0. The molecule has 0 aliphatic carbocycles. The van der Waals surface area contributed by atoms with Gasteiger partial charge in [-0.3, -0.25) is 0 Å². The molecule has 1 aromatic heterocycles. The number of nitrogens with zero attached hydrogens (tertiary/aromatic N) is 2. The fourth-order valence-corrected chi connectivity index (χ4v) is 2.37. The van der Waals surface area contributed by atoms with Crippen molar-refractivity contribution >= 4 is 16.1 Å². The predicted molar refractivity (Wildman–Crippen MR) is 76.5 cm³/mol. The number of allylic oxidation sites excluding steroid dienone is 1. The lowest BCUT2D eigenvalue weighted by Crippen LogP contribution is -2.07. The van der Waals surface area contributed by atoms with Crippen LogP contribution < -0.4 is 0 Å². The molecule has 130 valence electrons. The van der Waals surface area contributed by atoms with Crippen molar-refractivity contribution < 1.29 is 30.8 Å². The van der Waals surface area contributed by atoms with Gasteiger partial charge in [0.2, 0.25) is 9.84 Å². The summed E-state index contributed by atoms with van der Waals surface area (Å²) in [6.07, 6.45) is -0.469. The zero-order valence-corrected chi connectivity index (χ0v) is 13.4. The molecule has 0 N–H and O–H groups in total. The van der Waals surface area contributed by atoms with Gasteiger partial charge in [0.05, 0.1) is 11.9 Å². The summed E-state index contributed by atoms with van der Waals surface area (Å²) >= 11 is 0. The summed E-state index contributed by atoms with van der Waals surface area (Å²) in [5.74, 6) is -2.19. The number of halogens is 3. The van der Waals surface area contributed by atoms with Crippen LogP contribution in [0.1, 0.15) is 32.4 Å². The van der Waals surface area contributed by atoms with Crippen LogP contribution >= 0.6 is 0 Å². The van der Waals surface area contributed by atoms with Crippen LogP contribution in [0.2, 0.25) is 0 Å². The Labute approximate surface area is 131 Å². The SMILES string of the molecule is CC(C)CCON=Cc1cnc(S(=O)(=O)CCC(F)=C(F)F)o1. The lowest BCUT2D eigenvalue weighted by Gasteiger charge is -2.01. The average Bonchev–Trinajstić information content (AvgIpc) is 2.93. The van der Waals surface area contributed by atoms with E-state index < -0.39 is 39.1 Å². The molecule has 0 spiro atoms. The van der Waals surface area contributed by atoms with Crippen LogP contribution in [-0.2, 0) is 14.7 Å². The number of aromatic nitrogens is 1. The van der Waals surface area contributed by atoms with Gasteiger partial charge in [-0.25, -0.2) is 17.8 Å². The molecule has 1 rings (SSSR count). The highest BCUT2D eigenvalue weighted by Gasteiger charge is 2.22. The highest BCUT2D eigenvalue weighted by atomic mass is 32.2. The van der Waals surface area contributed by atoms with Crippen molar-refractivity contribution in [3.8, 4) is 0 Å². The second kappa shape index (κ2) is 8.70. The summed E-state index contributed by atoms with van der Waals surface area (Å²) in [6.45, 7) is 4.44. The van der Waals surface area contributed by atoms with Crippen LogP contribution in [0.3, 0.4) is 0 Å². The maximum Gasteiger partial charge on any atom is 0.315 e. The lowest BCUT2D eigenvalue weighted by molar-refractivity contribution is 0.134. The van der Waals surface area contributed by atoms with E-state index in [0.717, 1.165) is 18.8 Å². The largest absolute Gasteiger partial charge is 0.427 e. The van der Waals surface area contributed by atoms with Gasteiger partial charge in [0, 0.05) is 6.42 Å². The van der Waals surface area contributed by atoms with Gasteiger partial charge < -0.3 is 9.25 Å². The third-order valence-electron chi connectivity index (χ3n) is 2.60. The molecule has 0 aromatic carbocycles. The molecule has 0 amide bonds.